The van der Waals surface area contributed by atoms with Gasteiger partial charge in [-0.25, -0.2) is 4.98 Å². The maximum atomic E-state index is 11.1. The second-order valence-electron chi connectivity index (χ2n) is 4.54. The van der Waals surface area contributed by atoms with Crippen molar-refractivity contribution in [2.45, 2.75) is 25.4 Å². The number of thiazole rings is 1. The third kappa shape index (κ3) is 2.11. The first-order valence-corrected chi connectivity index (χ1v) is 6.87. The minimum Gasteiger partial charge on any atom is -0.480 e. The summed E-state index contributed by atoms with van der Waals surface area (Å²) in [6.45, 7) is 1.50. The number of nitrogens with zero attached hydrogens (tertiary/aromatic N) is 2. The number of para-hydroxylation sites is 1. The number of benzene rings is 1. The van der Waals surface area contributed by atoms with Gasteiger partial charge in [-0.1, -0.05) is 12.1 Å². The highest BCUT2D eigenvalue weighted by atomic mass is 32.1. The third-order valence-corrected chi connectivity index (χ3v) is 4.35. The molecule has 1 aromatic heterocycles. The SMILES string of the molecule is O=C(O)[C@@H]1CCCN1Cc1nc2ccccc2s1. The summed E-state index contributed by atoms with van der Waals surface area (Å²) in [7, 11) is 0. The van der Waals surface area contributed by atoms with Gasteiger partial charge in [0.05, 0.1) is 16.8 Å². The van der Waals surface area contributed by atoms with Gasteiger partial charge in [-0.2, -0.15) is 0 Å². The summed E-state index contributed by atoms with van der Waals surface area (Å²) in [5.41, 5.74) is 1.00. The molecule has 2 heterocycles. The van der Waals surface area contributed by atoms with Crippen LogP contribution in [0.1, 0.15) is 17.8 Å². The van der Waals surface area contributed by atoms with Crippen LogP contribution < -0.4 is 0 Å². The van der Waals surface area contributed by atoms with Gasteiger partial charge in [0.2, 0.25) is 0 Å². The van der Waals surface area contributed by atoms with E-state index in [1.165, 1.54) is 4.70 Å². The molecule has 1 fully saturated rings. The van der Waals surface area contributed by atoms with Gasteiger partial charge in [0, 0.05) is 0 Å². The lowest BCUT2D eigenvalue weighted by atomic mass is 10.2. The van der Waals surface area contributed by atoms with Crippen LogP contribution >= 0.6 is 11.3 Å². The van der Waals surface area contributed by atoms with Crippen LogP contribution in [0.3, 0.4) is 0 Å². The van der Waals surface area contributed by atoms with Gasteiger partial charge in [0.15, 0.2) is 0 Å². The van der Waals surface area contributed by atoms with Crippen LogP contribution in [0.25, 0.3) is 10.2 Å². The first kappa shape index (κ1) is 11.6. The van der Waals surface area contributed by atoms with Crippen LogP contribution in [-0.2, 0) is 11.3 Å². The Hall–Kier alpha value is -1.46. The number of carboxylic acid groups (broad SMARTS) is 1. The minimum absolute atomic E-state index is 0.336. The minimum atomic E-state index is -0.714. The van der Waals surface area contributed by atoms with Crippen molar-refractivity contribution in [2.24, 2.45) is 0 Å². The van der Waals surface area contributed by atoms with Gasteiger partial charge >= 0.3 is 5.97 Å². The van der Waals surface area contributed by atoms with Crippen molar-refractivity contribution in [3.05, 3.63) is 29.3 Å². The highest BCUT2D eigenvalue weighted by molar-refractivity contribution is 7.18. The van der Waals surface area contributed by atoms with E-state index >= 15 is 0 Å². The smallest absolute Gasteiger partial charge is 0.320 e. The Morgan fingerprint density at radius 2 is 2.33 bits per heavy atom. The molecular weight excluding hydrogens is 248 g/mol. The van der Waals surface area contributed by atoms with Gasteiger partial charge in [-0.3, -0.25) is 9.69 Å². The number of carbonyl (C=O) groups is 1. The zero-order chi connectivity index (χ0) is 12.5. The van der Waals surface area contributed by atoms with E-state index in [2.05, 4.69) is 11.1 Å². The fourth-order valence-corrected chi connectivity index (χ4v) is 3.45. The standard InChI is InChI=1S/C13H14N2O2S/c16-13(17)10-5-3-7-15(10)8-12-14-9-4-1-2-6-11(9)18-12/h1-2,4,6,10H,3,5,7-8H2,(H,16,17)/t10-/m0/s1. The Balaban J connectivity index is 1.81. The Labute approximate surface area is 109 Å². The molecule has 0 bridgehead atoms. The summed E-state index contributed by atoms with van der Waals surface area (Å²) in [5, 5.41) is 10.1. The van der Waals surface area contributed by atoms with E-state index in [4.69, 9.17) is 5.11 Å². The highest BCUT2D eigenvalue weighted by Crippen LogP contribution is 2.26. The van der Waals surface area contributed by atoms with Gasteiger partial charge in [-0.05, 0) is 31.5 Å². The molecule has 1 aliphatic heterocycles. The van der Waals surface area contributed by atoms with Crippen molar-refractivity contribution < 1.29 is 9.90 Å². The quantitative estimate of drug-likeness (QED) is 0.922. The van der Waals surface area contributed by atoms with Crippen molar-refractivity contribution in [1.82, 2.24) is 9.88 Å². The van der Waals surface area contributed by atoms with Gasteiger partial charge in [-0.15, -0.1) is 11.3 Å². The summed E-state index contributed by atoms with van der Waals surface area (Å²) in [6, 6.07) is 7.68. The summed E-state index contributed by atoms with van der Waals surface area (Å²) in [5.74, 6) is -0.714. The molecular formula is C13H14N2O2S. The second-order valence-corrected chi connectivity index (χ2v) is 5.66. The van der Waals surface area contributed by atoms with Gasteiger partial charge < -0.3 is 5.11 Å². The molecule has 1 saturated heterocycles. The number of hydrogen-bond acceptors (Lipinski definition) is 4. The molecule has 0 aliphatic carbocycles. The van der Waals surface area contributed by atoms with E-state index in [0.29, 0.717) is 6.54 Å². The number of rotatable bonds is 3. The molecule has 2 aromatic rings. The molecule has 5 heteroatoms. The normalized spacial score (nSPS) is 20.6. The van der Waals surface area contributed by atoms with Gasteiger partial charge in [0.1, 0.15) is 11.0 Å². The lowest BCUT2D eigenvalue weighted by Crippen LogP contribution is -2.35. The van der Waals surface area contributed by atoms with E-state index in [-0.39, 0.29) is 6.04 Å². The Bertz CT molecular complexity index is 548. The topological polar surface area (TPSA) is 53.4 Å². The predicted molar refractivity (Wildman–Crippen MR) is 70.7 cm³/mol. The maximum absolute atomic E-state index is 11.1. The monoisotopic (exact) mass is 262 g/mol. The largest absolute Gasteiger partial charge is 0.480 e. The van der Waals surface area contributed by atoms with Crippen molar-refractivity contribution in [1.29, 1.82) is 0 Å². The highest BCUT2D eigenvalue weighted by Gasteiger charge is 2.30. The van der Waals surface area contributed by atoms with Crippen molar-refractivity contribution >= 4 is 27.5 Å². The Kier molecular flexibility index (Phi) is 3.01. The molecule has 0 amide bonds. The number of aliphatic carboxylic acids is 1. The first-order valence-electron chi connectivity index (χ1n) is 6.05. The fourth-order valence-electron chi connectivity index (χ4n) is 2.46. The summed E-state index contributed by atoms with van der Waals surface area (Å²) < 4.78 is 1.17. The predicted octanol–water partition coefficient (Wildman–Crippen LogP) is 2.35. The summed E-state index contributed by atoms with van der Waals surface area (Å²) >= 11 is 1.65. The number of aromatic nitrogens is 1. The molecule has 1 aliphatic rings. The molecule has 18 heavy (non-hydrogen) atoms. The van der Waals surface area contributed by atoms with Gasteiger partial charge in [0.25, 0.3) is 0 Å². The first-order chi connectivity index (χ1) is 8.74. The van der Waals surface area contributed by atoms with Crippen LogP contribution in [-0.4, -0.2) is 33.5 Å². The molecule has 4 nitrogen and oxygen atoms in total. The molecule has 1 atom stereocenters. The number of fused-ring (bicyclic) bond motifs is 1. The Morgan fingerprint density at radius 1 is 1.50 bits per heavy atom. The lowest BCUT2D eigenvalue weighted by molar-refractivity contribution is -0.142. The molecule has 94 valence electrons. The van der Waals surface area contributed by atoms with E-state index in [0.717, 1.165) is 29.9 Å². The van der Waals surface area contributed by atoms with Crippen molar-refractivity contribution in [3.8, 4) is 0 Å². The molecule has 1 aromatic carbocycles. The zero-order valence-corrected chi connectivity index (χ0v) is 10.7. The second kappa shape index (κ2) is 4.66. The summed E-state index contributed by atoms with van der Waals surface area (Å²) in [6.07, 6.45) is 1.71. The number of hydrogen-bond donors (Lipinski definition) is 1. The van der Waals surface area contributed by atoms with E-state index in [9.17, 15) is 4.79 Å². The lowest BCUT2D eigenvalue weighted by Gasteiger charge is -2.19. The van der Waals surface area contributed by atoms with Crippen molar-refractivity contribution in [3.63, 3.8) is 0 Å². The molecule has 0 saturated carbocycles. The maximum Gasteiger partial charge on any atom is 0.320 e. The van der Waals surface area contributed by atoms with Crippen molar-refractivity contribution in [2.75, 3.05) is 6.54 Å². The molecule has 1 N–H and O–H groups in total. The molecule has 3 rings (SSSR count). The molecule has 0 unspecified atom stereocenters. The fraction of sp³-hybridized carbons (Fsp3) is 0.385. The van der Waals surface area contributed by atoms with Crippen LogP contribution in [0.5, 0.6) is 0 Å². The van der Waals surface area contributed by atoms with E-state index < -0.39 is 5.97 Å². The average Bonchev–Trinajstić information content (AvgIpc) is 2.94. The van der Waals surface area contributed by atoms with Crippen LogP contribution in [0.2, 0.25) is 0 Å². The number of likely N-dealkylation sites (tertiary alicyclic amines) is 1. The van der Waals surface area contributed by atoms with Crippen LogP contribution in [0, 0.1) is 0 Å². The molecule has 0 spiro atoms. The van der Waals surface area contributed by atoms with Crippen LogP contribution in [0.15, 0.2) is 24.3 Å². The average molecular weight is 262 g/mol. The van der Waals surface area contributed by atoms with E-state index in [1.54, 1.807) is 11.3 Å². The van der Waals surface area contributed by atoms with Crippen LogP contribution in [0.4, 0.5) is 0 Å². The molecule has 0 radical (unpaired) electrons. The number of carboxylic acids is 1. The van der Waals surface area contributed by atoms with E-state index in [1.807, 2.05) is 23.1 Å². The third-order valence-electron chi connectivity index (χ3n) is 3.33. The summed E-state index contributed by atoms with van der Waals surface area (Å²) in [4.78, 5) is 17.7. The Morgan fingerprint density at radius 3 is 3.11 bits per heavy atom. The zero-order valence-electron chi connectivity index (χ0n) is 9.87.